The van der Waals surface area contributed by atoms with Crippen molar-refractivity contribution in [2.75, 3.05) is 18.4 Å². The Morgan fingerprint density at radius 1 is 1.19 bits per heavy atom. The van der Waals surface area contributed by atoms with Crippen molar-refractivity contribution in [3.8, 4) is 0 Å². The number of nitrogens with one attached hydrogen (secondary N) is 1. The zero-order valence-electron chi connectivity index (χ0n) is 12.2. The van der Waals surface area contributed by atoms with E-state index in [1.165, 1.54) is 6.08 Å². The van der Waals surface area contributed by atoms with Gasteiger partial charge in [-0.15, -0.1) is 0 Å². The molecule has 2 atom stereocenters. The Morgan fingerprint density at radius 3 is 2.29 bits per heavy atom. The number of hydrogen-bond acceptors (Lipinski definition) is 2. The summed E-state index contributed by atoms with van der Waals surface area (Å²) in [5.41, 5.74) is 1.48. The van der Waals surface area contributed by atoms with Crippen LogP contribution in [0.2, 0.25) is 0 Å². The monoisotopic (exact) mass is 288 g/mol. The molecule has 2 unspecified atom stereocenters. The van der Waals surface area contributed by atoms with Crippen LogP contribution in [-0.4, -0.2) is 35.1 Å². The molecule has 0 aromatic heterocycles. The fourth-order valence-electron chi connectivity index (χ4n) is 2.34. The van der Waals surface area contributed by atoms with Gasteiger partial charge in [0, 0.05) is 24.9 Å². The van der Waals surface area contributed by atoms with Crippen molar-refractivity contribution in [3.63, 3.8) is 0 Å². The maximum Gasteiger partial charge on any atom is 0.328 e. The highest BCUT2D eigenvalue weighted by atomic mass is 16.4. The molecule has 1 aromatic carbocycles. The fourth-order valence-corrected chi connectivity index (χ4v) is 2.34. The molecule has 2 N–H and O–H groups in total. The molecule has 0 aliphatic carbocycles. The third-order valence-electron chi connectivity index (χ3n) is 3.86. The number of hydrogen-bond donors (Lipinski definition) is 2. The summed E-state index contributed by atoms with van der Waals surface area (Å²) >= 11 is 0. The average Bonchev–Trinajstić information content (AvgIpc) is 2.78. The highest BCUT2D eigenvalue weighted by Gasteiger charge is 2.29. The topological polar surface area (TPSA) is 69.6 Å². The Balaban J connectivity index is 1.94. The van der Waals surface area contributed by atoms with Crippen LogP contribution in [0.1, 0.15) is 19.4 Å². The van der Waals surface area contributed by atoms with E-state index in [9.17, 15) is 9.59 Å². The second-order valence-electron chi connectivity index (χ2n) is 5.58. The first kappa shape index (κ1) is 15.1. The zero-order chi connectivity index (χ0) is 15.4. The number of carbonyl (C=O) groups is 2. The number of anilines is 1. The van der Waals surface area contributed by atoms with E-state index in [1.807, 2.05) is 4.90 Å². The molecule has 5 heteroatoms. The molecule has 1 aliphatic heterocycles. The van der Waals surface area contributed by atoms with Crippen molar-refractivity contribution in [1.82, 2.24) is 4.90 Å². The van der Waals surface area contributed by atoms with Crippen LogP contribution in [-0.2, 0) is 4.79 Å². The molecule has 112 valence electrons. The highest BCUT2D eigenvalue weighted by molar-refractivity contribution is 5.90. The van der Waals surface area contributed by atoms with E-state index in [1.54, 1.807) is 24.3 Å². The molecule has 1 heterocycles. The number of carbonyl (C=O) groups excluding carboxylic acids is 1. The van der Waals surface area contributed by atoms with Crippen LogP contribution in [0.15, 0.2) is 30.3 Å². The molecule has 0 bridgehead atoms. The lowest BCUT2D eigenvalue weighted by Gasteiger charge is -2.17. The first-order valence-electron chi connectivity index (χ1n) is 7.02. The second kappa shape index (κ2) is 6.43. The van der Waals surface area contributed by atoms with E-state index in [4.69, 9.17) is 5.11 Å². The second-order valence-corrected chi connectivity index (χ2v) is 5.58. The summed E-state index contributed by atoms with van der Waals surface area (Å²) in [5.74, 6) is 0.0724. The molecule has 0 radical (unpaired) electrons. The van der Waals surface area contributed by atoms with E-state index in [0.29, 0.717) is 17.5 Å². The molecule has 2 amide bonds. The van der Waals surface area contributed by atoms with Gasteiger partial charge in [-0.1, -0.05) is 26.0 Å². The third kappa shape index (κ3) is 4.08. The fraction of sp³-hybridized carbons (Fsp3) is 0.375. The van der Waals surface area contributed by atoms with Crippen molar-refractivity contribution in [2.45, 2.75) is 13.8 Å². The average molecular weight is 288 g/mol. The lowest BCUT2D eigenvalue weighted by Crippen LogP contribution is -2.33. The lowest BCUT2D eigenvalue weighted by atomic mass is 10.0. The Bertz CT molecular complexity index is 541. The van der Waals surface area contributed by atoms with Crippen LogP contribution in [0, 0.1) is 11.8 Å². The number of urea groups is 1. The van der Waals surface area contributed by atoms with E-state index in [-0.39, 0.29) is 6.03 Å². The molecule has 5 nitrogen and oxygen atoms in total. The minimum Gasteiger partial charge on any atom is -0.478 e. The number of amides is 2. The van der Waals surface area contributed by atoms with Gasteiger partial charge in [-0.3, -0.25) is 0 Å². The molecule has 0 saturated carbocycles. The summed E-state index contributed by atoms with van der Waals surface area (Å²) in [6.07, 6.45) is 2.60. The Labute approximate surface area is 124 Å². The number of benzene rings is 1. The Hall–Kier alpha value is -2.30. The molecule has 21 heavy (non-hydrogen) atoms. The number of nitrogens with zero attached hydrogens (tertiary/aromatic N) is 1. The zero-order valence-corrected chi connectivity index (χ0v) is 12.2. The Kier molecular flexibility index (Phi) is 4.62. The van der Waals surface area contributed by atoms with Crippen LogP contribution in [0.3, 0.4) is 0 Å². The van der Waals surface area contributed by atoms with Gasteiger partial charge in [-0.25, -0.2) is 9.59 Å². The lowest BCUT2D eigenvalue weighted by molar-refractivity contribution is -0.131. The van der Waals surface area contributed by atoms with Crippen LogP contribution in [0.4, 0.5) is 10.5 Å². The SMILES string of the molecule is CC1CN(C(=O)Nc2ccc(C=CC(=O)O)cc2)CC1C. The number of carboxylic acid groups (broad SMARTS) is 1. The van der Waals surface area contributed by atoms with Crippen LogP contribution in [0.5, 0.6) is 0 Å². The van der Waals surface area contributed by atoms with Gasteiger partial charge in [0.2, 0.25) is 0 Å². The van der Waals surface area contributed by atoms with Crippen molar-refractivity contribution in [2.24, 2.45) is 11.8 Å². The van der Waals surface area contributed by atoms with Gasteiger partial charge >= 0.3 is 12.0 Å². The molecular formula is C16H20N2O3. The van der Waals surface area contributed by atoms with Gasteiger partial charge in [0.1, 0.15) is 0 Å². The summed E-state index contributed by atoms with van der Waals surface area (Å²) in [6, 6.07) is 6.99. The van der Waals surface area contributed by atoms with E-state index in [2.05, 4.69) is 19.2 Å². The number of aliphatic carboxylic acids is 1. The predicted octanol–water partition coefficient (Wildman–Crippen LogP) is 2.90. The van der Waals surface area contributed by atoms with Gasteiger partial charge < -0.3 is 15.3 Å². The minimum atomic E-state index is -0.982. The number of carboxylic acids is 1. The smallest absolute Gasteiger partial charge is 0.328 e. The van der Waals surface area contributed by atoms with E-state index < -0.39 is 5.97 Å². The normalized spacial score (nSPS) is 21.7. The quantitative estimate of drug-likeness (QED) is 0.840. The summed E-state index contributed by atoms with van der Waals surface area (Å²) in [7, 11) is 0. The van der Waals surface area contributed by atoms with Crippen molar-refractivity contribution >= 4 is 23.8 Å². The standard InChI is InChI=1S/C16H20N2O3/c1-11-9-18(10-12(11)2)16(21)17-14-6-3-13(4-7-14)5-8-15(19)20/h3-8,11-12H,9-10H2,1-2H3,(H,17,21)(H,19,20). The Morgan fingerprint density at radius 2 is 1.76 bits per heavy atom. The molecule has 1 fully saturated rings. The first-order chi connectivity index (χ1) is 9.95. The van der Waals surface area contributed by atoms with Crippen LogP contribution >= 0.6 is 0 Å². The van der Waals surface area contributed by atoms with E-state index >= 15 is 0 Å². The molecule has 1 saturated heterocycles. The molecule has 0 spiro atoms. The van der Waals surface area contributed by atoms with Gasteiger partial charge in [0.25, 0.3) is 0 Å². The third-order valence-corrected chi connectivity index (χ3v) is 3.86. The predicted molar refractivity (Wildman–Crippen MR) is 82.0 cm³/mol. The highest BCUT2D eigenvalue weighted by Crippen LogP contribution is 2.23. The van der Waals surface area contributed by atoms with Crippen molar-refractivity contribution in [3.05, 3.63) is 35.9 Å². The first-order valence-corrected chi connectivity index (χ1v) is 7.02. The molecule has 1 aromatic rings. The summed E-state index contributed by atoms with van der Waals surface area (Å²) < 4.78 is 0. The largest absolute Gasteiger partial charge is 0.478 e. The van der Waals surface area contributed by atoms with Gasteiger partial charge in [0.15, 0.2) is 0 Å². The van der Waals surface area contributed by atoms with Gasteiger partial charge in [0.05, 0.1) is 0 Å². The van der Waals surface area contributed by atoms with Crippen LogP contribution < -0.4 is 5.32 Å². The molecule has 1 aliphatic rings. The molecule has 2 rings (SSSR count). The van der Waals surface area contributed by atoms with Crippen molar-refractivity contribution < 1.29 is 14.7 Å². The molecular weight excluding hydrogens is 268 g/mol. The van der Waals surface area contributed by atoms with Gasteiger partial charge in [-0.05, 0) is 35.6 Å². The summed E-state index contributed by atoms with van der Waals surface area (Å²) in [4.78, 5) is 24.4. The maximum atomic E-state index is 12.1. The van der Waals surface area contributed by atoms with Crippen LogP contribution in [0.25, 0.3) is 6.08 Å². The summed E-state index contributed by atoms with van der Waals surface area (Å²) in [6.45, 7) is 5.88. The van der Waals surface area contributed by atoms with Gasteiger partial charge in [-0.2, -0.15) is 0 Å². The number of rotatable bonds is 3. The minimum absolute atomic E-state index is 0.0833. The van der Waals surface area contributed by atoms with E-state index in [0.717, 1.165) is 24.7 Å². The summed E-state index contributed by atoms with van der Waals surface area (Å²) in [5, 5.41) is 11.4. The number of likely N-dealkylation sites (tertiary alicyclic amines) is 1. The maximum absolute atomic E-state index is 12.1. The van der Waals surface area contributed by atoms with Crippen molar-refractivity contribution in [1.29, 1.82) is 0 Å².